The van der Waals surface area contributed by atoms with Gasteiger partial charge in [0, 0.05) is 17.1 Å². The van der Waals surface area contributed by atoms with Crippen molar-refractivity contribution in [3.05, 3.63) is 24.3 Å². The van der Waals surface area contributed by atoms with Crippen LogP contribution >= 0.6 is 12.6 Å². The van der Waals surface area contributed by atoms with Crippen molar-refractivity contribution in [1.82, 2.24) is 0 Å². The summed E-state index contributed by atoms with van der Waals surface area (Å²) in [6.45, 7) is 3.19. The van der Waals surface area contributed by atoms with E-state index < -0.39 is 0 Å². The second kappa shape index (κ2) is 4.29. The van der Waals surface area contributed by atoms with Gasteiger partial charge >= 0.3 is 0 Å². The molecule has 0 amide bonds. The first-order valence-corrected chi connectivity index (χ1v) is 4.30. The highest BCUT2D eigenvalue weighted by molar-refractivity contribution is 7.80. The Bertz CT molecular complexity index is 205. The molecule has 2 heteroatoms. The van der Waals surface area contributed by atoms with E-state index in [1.54, 1.807) is 0 Å². The quantitative estimate of drug-likeness (QED) is 0.660. The minimum absolute atomic E-state index is 1.01. The van der Waals surface area contributed by atoms with Crippen LogP contribution in [-0.2, 0) is 0 Å². The number of nitrogens with one attached hydrogen (secondary N) is 1. The number of benzene rings is 1. The Labute approximate surface area is 73.2 Å². The van der Waals surface area contributed by atoms with Crippen molar-refractivity contribution >= 4 is 18.3 Å². The molecular weight excluding hydrogens is 154 g/mol. The van der Waals surface area contributed by atoms with Crippen molar-refractivity contribution in [3.63, 3.8) is 0 Å². The molecule has 0 unspecified atom stereocenters. The van der Waals surface area contributed by atoms with E-state index in [9.17, 15) is 0 Å². The summed E-state index contributed by atoms with van der Waals surface area (Å²) < 4.78 is 0. The summed E-state index contributed by atoms with van der Waals surface area (Å²) in [6, 6.07) is 8.05. The summed E-state index contributed by atoms with van der Waals surface area (Å²) in [7, 11) is 0. The standard InChI is InChI=1S/C9H13NS/c1-2-7-10-8-3-5-9(11)6-4-8/h3-6,10-11H,2,7H2,1H3. The third-order valence-electron chi connectivity index (χ3n) is 1.45. The van der Waals surface area contributed by atoms with Gasteiger partial charge in [-0.3, -0.25) is 0 Å². The maximum atomic E-state index is 4.19. The Morgan fingerprint density at radius 3 is 2.45 bits per heavy atom. The number of anilines is 1. The molecule has 60 valence electrons. The van der Waals surface area contributed by atoms with Crippen LogP contribution < -0.4 is 5.32 Å². The van der Waals surface area contributed by atoms with Crippen LogP contribution in [0.25, 0.3) is 0 Å². The predicted molar refractivity (Wildman–Crippen MR) is 52.5 cm³/mol. The Kier molecular flexibility index (Phi) is 3.30. The zero-order valence-electron chi connectivity index (χ0n) is 6.67. The molecule has 1 aromatic rings. The zero-order chi connectivity index (χ0) is 8.10. The van der Waals surface area contributed by atoms with E-state index >= 15 is 0 Å². The van der Waals surface area contributed by atoms with Crippen LogP contribution in [-0.4, -0.2) is 6.54 Å². The van der Waals surface area contributed by atoms with E-state index in [2.05, 4.69) is 24.9 Å². The maximum absolute atomic E-state index is 4.19. The summed E-state index contributed by atoms with van der Waals surface area (Å²) in [5.74, 6) is 0. The molecule has 0 bridgehead atoms. The molecule has 0 spiro atoms. The molecule has 0 aliphatic carbocycles. The van der Waals surface area contributed by atoms with Crippen LogP contribution in [0, 0.1) is 0 Å². The van der Waals surface area contributed by atoms with Gasteiger partial charge in [0.25, 0.3) is 0 Å². The average molecular weight is 167 g/mol. The third-order valence-corrected chi connectivity index (χ3v) is 1.74. The van der Waals surface area contributed by atoms with Gasteiger partial charge in [0.2, 0.25) is 0 Å². The molecule has 1 nitrogen and oxygen atoms in total. The lowest BCUT2D eigenvalue weighted by Gasteiger charge is -2.03. The Balaban J connectivity index is 2.52. The van der Waals surface area contributed by atoms with E-state index in [1.165, 1.54) is 5.69 Å². The van der Waals surface area contributed by atoms with Gasteiger partial charge in [-0.25, -0.2) is 0 Å². The number of thiol groups is 1. The Morgan fingerprint density at radius 1 is 1.27 bits per heavy atom. The maximum Gasteiger partial charge on any atom is 0.0340 e. The van der Waals surface area contributed by atoms with Crippen molar-refractivity contribution in [2.24, 2.45) is 0 Å². The monoisotopic (exact) mass is 167 g/mol. The van der Waals surface area contributed by atoms with Gasteiger partial charge in [-0.05, 0) is 30.7 Å². The molecule has 0 atom stereocenters. The number of hydrogen-bond acceptors (Lipinski definition) is 2. The molecule has 0 heterocycles. The zero-order valence-corrected chi connectivity index (χ0v) is 7.57. The molecule has 0 aromatic heterocycles. The number of hydrogen-bond donors (Lipinski definition) is 2. The number of rotatable bonds is 3. The first-order chi connectivity index (χ1) is 5.33. The van der Waals surface area contributed by atoms with Gasteiger partial charge in [0.15, 0.2) is 0 Å². The van der Waals surface area contributed by atoms with Gasteiger partial charge in [0.05, 0.1) is 0 Å². The molecule has 0 saturated heterocycles. The van der Waals surface area contributed by atoms with Crippen LogP contribution in [0.4, 0.5) is 5.69 Å². The van der Waals surface area contributed by atoms with Crippen LogP contribution in [0.5, 0.6) is 0 Å². The highest BCUT2D eigenvalue weighted by Gasteiger charge is 1.88. The molecule has 11 heavy (non-hydrogen) atoms. The van der Waals surface area contributed by atoms with Crippen LogP contribution in [0.3, 0.4) is 0 Å². The van der Waals surface area contributed by atoms with E-state index in [0.717, 1.165) is 17.9 Å². The fraction of sp³-hybridized carbons (Fsp3) is 0.333. The second-order valence-electron chi connectivity index (χ2n) is 2.47. The molecule has 1 N–H and O–H groups in total. The lowest BCUT2D eigenvalue weighted by Crippen LogP contribution is -1.98. The van der Waals surface area contributed by atoms with Gasteiger partial charge < -0.3 is 5.32 Å². The molecule has 0 saturated carbocycles. The normalized spacial score (nSPS) is 9.64. The van der Waals surface area contributed by atoms with Crippen LogP contribution in [0.15, 0.2) is 29.2 Å². The molecular formula is C9H13NS. The molecule has 1 aromatic carbocycles. The fourth-order valence-corrected chi connectivity index (χ4v) is 0.998. The molecule has 0 aliphatic rings. The summed E-state index contributed by atoms with van der Waals surface area (Å²) in [6.07, 6.45) is 1.16. The highest BCUT2D eigenvalue weighted by Crippen LogP contribution is 2.11. The van der Waals surface area contributed by atoms with Crippen molar-refractivity contribution in [3.8, 4) is 0 Å². The lowest BCUT2D eigenvalue weighted by atomic mass is 10.3. The van der Waals surface area contributed by atoms with Crippen molar-refractivity contribution < 1.29 is 0 Å². The highest BCUT2D eigenvalue weighted by atomic mass is 32.1. The van der Waals surface area contributed by atoms with Crippen molar-refractivity contribution in [2.75, 3.05) is 11.9 Å². The third kappa shape index (κ3) is 2.85. The molecule has 0 radical (unpaired) electrons. The molecule has 0 aliphatic heterocycles. The van der Waals surface area contributed by atoms with E-state index in [4.69, 9.17) is 0 Å². The van der Waals surface area contributed by atoms with Crippen molar-refractivity contribution in [1.29, 1.82) is 0 Å². The molecule has 1 rings (SSSR count). The summed E-state index contributed by atoms with van der Waals surface area (Å²) in [5, 5.41) is 3.29. The minimum atomic E-state index is 1.01. The summed E-state index contributed by atoms with van der Waals surface area (Å²) in [4.78, 5) is 1.01. The van der Waals surface area contributed by atoms with Gasteiger partial charge in [-0.1, -0.05) is 6.92 Å². The first kappa shape index (κ1) is 8.47. The van der Waals surface area contributed by atoms with Gasteiger partial charge in [-0.2, -0.15) is 0 Å². The smallest absolute Gasteiger partial charge is 0.0340 e. The van der Waals surface area contributed by atoms with E-state index in [1.807, 2.05) is 24.3 Å². The van der Waals surface area contributed by atoms with Crippen LogP contribution in [0.1, 0.15) is 13.3 Å². The van der Waals surface area contributed by atoms with E-state index in [-0.39, 0.29) is 0 Å². The minimum Gasteiger partial charge on any atom is -0.385 e. The van der Waals surface area contributed by atoms with Crippen molar-refractivity contribution in [2.45, 2.75) is 18.2 Å². The summed E-state index contributed by atoms with van der Waals surface area (Å²) >= 11 is 4.19. The van der Waals surface area contributed by atoms with E-state index in [0.29, 0.717) is 0 Å². The van der Waals surface area contributed by atoms with Gasteiger partial charge in [0.1, 0.15) is 0 Å². The van der Waals surface area contributed by atoms with Crippen LogP contribution in [0.2, 0.25) is 0 Å². The second-order valence-corrected chi connectivity index (χ2v) is 2.99. The fourth-order valence-electron chi connectivity index (χ4n) is 0.849. The Hall–Kier alpha value is -0.630. The molecule has 0 fully saturated rings. The largest absolute Gasteiger partial charge is 0.385 e. The van der Waals surface area contributed by atoms with Gasteiger partial charge in [-0.15, -0.1) is 12.6 Å². The lowest BCUT2D eigenvalue weighted by molar-refractivity contribution is 0.979. The first-order valence-electron chi connectivity index (χ1n) is 3.86. The average Bonchev–Trinajstić information content (AvgIpc) is 2.04. The Morgan fingerprint density at radius 2 is 1.91 bits per heavy atom. The topological polar surface area (TPSA) is 12.0 Å². The summed E-state index contributed by atoms with van der Waals surface area (Å²) in [5.41, 5.74) is 1.17. The predicted octanol–water partition coefficient (Wildman–Crippen LogP) is 2.80. The SMILES string of the molecule is CCCNc1ccc(S)cc1.